The Morgan fingerprint density at radius 1 is 0.750 bits per heavy atom. The molecular formula is C14H24N4O2. The molecule has 6 heteroatoms. The lowest BCUT2D eigenvalue weighted by molar-refractivity contribution is -0.119. The van der Waals surface area contributed by atoms with Gasteiger partial charge in [-0.1, -0.05) is 0 Å². The van der Waals surface area contributed by atoms with Crippen LogP contribution in [-0.4, -0.2) is 50.1 Å². The number of rotatable bonds is 4. The molecule has 4 N–H and O–H groups in total. The van der Waals surface area contributed by atoms with Crippen LogP contribution in [0.5, 0.6) is 0 Å². The third-order valence-corrected chi connectivity index (χ3v) is 3.76. The summed E-state index contributed by atoms with van der Waals surface area (Å²) in [5, 5.41) is 12.3. The summed E-state index contributed by atoms with van der Waals surface area (Å²) in [4.78, 5) is 23.4. The van der Waals surface area contributed by atoms with E-state index in [0.717, 1.165) is 51.9 Å². The molecule has 2 heterocycles. The molecule has 2 aliphatic heterocycles. The zero-order valence-electron chi connectivity index (χ0n) is 11.8. The van der Waals surface area contributed by atoms with Crippen LogP contribution in [0.3, 0.4) is 0 Å². The first-order valence-corrected chi connectivity index (χ1v) is 7.44. The summed E-state index contributed by atoms with van der Waals surface area (Å²) in [7, 11) is 0. The molecule has 20 heavy (non-hydrogen) atoms. The summed E-state index contributed by atoms with van der Waals surface area (Å²) < 4.78 is 0. The van der Waals surface area contributed by atoms with Crippen molar-refractivity contribution in [1.29, 1.82) is 0 Å². The van der Waals surface area contributed by atoms with Crippen LogP contribution >= 0.6 is 0 Å². The van der Waals surface area contributed by atoms with Gasteiger partial charge < -0.3 is 21.3 Å². The fourth-order valence-corrected chi connectivity index (χ4v) is 2.58. The Kier molecular flexibility index (Phi) is 6.01. The summed E-state index contributed by atoms with van der Waals surface area (Å²) in [5.74, 6) is -0.366. The van der Waals surface area contributed by atoms with Crippen molar-refractivity contribution in [3.8, 4) is 0 Å². The predicted octanol–water partition coefficient (Wildman–Crippen LogP) is -0.721. The van der Waals surface area contributed by atoms with Crippen molar-refractivity contribution >= 4 is 11.8 Å². The maximum atomic E-state index is 11.7. The van der Waals surface area contributed by atoms with Crippen LogP contribution in [0.15, 0.2) is 12.2 Å². The second kappa shape index (κ2) is 8.01. The number of piperidine rings is 2. The van der Waals surface area contributed by atoms with Crippen molar-refractivity contribution in [2.75, 3.05) is 26.2 Å². The predicted molar refractivity (Wildman–Crippen MR) is 77.2 cm³/mol. The molecule has 0 unspecified atom stereocenters. The molecule has 2 saturated heterocycles. The van der Waals surface area contributed by atoms with E-state index in [4.69, 9.17) is 0 Å². The summed E-state index contributed by atoms with van der Waals surface area (Å²) in [6.07, 6.45) is 6.44. The average Bonchev–Trinajstić information content (AvgIpc) is 2.47. The number of hydrogen-bond donors (Lipinski definition) is 4. The van der Waals surface area contributed by atoms with E-state index in [2.05, 4.69) is 21.3 Å². The summed E-state index contributed by atoms with van der Waals surface area (Å²) >= 11 is 0. The third-order valence-electron chi connectivity index (χ3n) is 3.76. The second-order valence-electron chi connectivity index (χ2n) is 5.40. The quantitative estimate of drug-likeness (QED) is 0.512. The molecule has 0 radical (unpaired) electrons. The first-order valence-electron chi connectivity index (χ1n) is 7.44. The zero-order valence-corrected chi connectivity index (χ0v) is 11.8. The molecular weight excluding hydrogens is 256 g/mol. The van der Waals surface area contributed by atoms with Gasteiger partial charge in [-0.15, -0.1) is 0 Å². The Morgan fingerprint density at radius 2 is 1.10 bits per heavy atom. The van der Waals surface area contributed by atoms with Gasteiger partial charge in [0, 0.05) is 24.2 Å². The fraction of sp³-hybridized carbons (Fsp3) is 0.714. The third kappa shape index (κ3) is 5.30. The van der Waals surface area contributed by atoms with Gasteiger partial charge in [0.1, 0.15) is 0 Å². The molecule has 0 saturated carbocycles. The topological polar surface area (TPSA) is 82.3 Å². The second-order valence-corrected chi connectivity index (χ2v) is 5.40. The number of carbonyl (C=O) groups excluding carboxylic acids is 2. The van der Waals surface area contributed by atoms with E-state index >= 15 is 0 Å². The lowest BCUT2D eigenvalue weighted by atomic mass is 10.1. The lowest BCUT2D eigenvalue weighted by Crippen LogP contribution is -2.43. The van der Waals surface area contributed by atoms with E-state index in [1.807, 2.05) is 0 Å². The molecule has 0 aromatic heterocycles. The molecule has 2 rings (SSSR count). The van der Waals surface area contributed by atoms with Gasteiger partial charge in [0.2, 0.25) is 11.8 Å². The Labute approximate surface area is 119 Å². The molecule has 0 aliphatic carbocycles. The van der Waals surface area contributed by atoms with Crippen molar-refractivity contribution in [2.24, 2.45) is 0 Å². The van der Waals surface area contributed by atoms with Crippen LogP contribution in [-0.2, 0) is 9.59 Å². The maximum absolute atomic E-state index is 11.7. The molecule has 0 aromatic rings. The van der Waals surface area contributed by atoms with Crippen LogP contribution in [0.1, 0.15) is 25.7 Å². The van der Waals surface area contributed by atoms with Crippen LogP contribution in [0, 0.1) is 0 Å². The van der Waals surface area contributed by atoms with Gasteiger partial charge in [0.15, 0.2) is 0 Å². The van der Waals surface area contributed by atoms with Gasteiger partial charge >= 0.3 is 0 Å². The first kappa shape index (κ1) is 15.0. The van der Waals surface area contributed by atoms with Gasteiger partial charge in [-0.25, -0.2) is 0 Å². The fourth-order valence-electron chi connectivity index (χ4n) is 2.58. The maximum Gasteiger partial charge on any atom is 0.244 e. The molecule has 2 fully saturated rings. The van der Waals surface area contributed by atoms with E-state index in [0.29, 0.717) is 0 Å². The van der Waals surface area contributed by atoms with E-state index in [9.17, 15) is 9.59 Å². The molecule has 112 valence electrons. The first-order chi connectivity index (χ1) is 9.74. The van der Waals surface area contributed by atoms with Gasteiger partial charge in [0.05, 0.1) is 0 Å². The van der Waals surface area contributed by atoms with Crippen LogP contribution in [0.4, 0.5) is 0 Å². The zero-order chi connectivity index (χ0) is 14.2. The minimum atomic E-state index is -0.183. The van der Waals surface area contributed by atoms with Crippen LogP contribution < -0.4 is 21.3 Å². The van der Waals surface area contributed by atoms with Crippen LogP contribution in [0.2, 0.25) is 0 Å². The average molecular weight is 280 g/mol. The van der Waals surface area contributed by atoms with Crippen molar-refractivity contribution in [2.45, 2.75) is 37.8 Å². The number of amides is 2. The van der Waals surface area contributed by atoms with E-state index in [1.54, 1.807) is 0 Å². The highest BCUT2D eigenvalue weighted by Gasteiger charge is 2.15. The smallest absolute Gasteiger partial charge is 0.244 e. The SMILES string of the molecule is O=C(/C=C\C(=O)NC1CCNCC1)NC1CCNCC1. The van der Waals surface area contributed by atoms with Gasteiger partial charge in [-0.3, -0.25) is 9.59 Å². The minimum Gasteiger partial charge on any atom is -0.350 e. The summed E-state index contributed by atoms with van der Waals surface area (Å²) in [6.45, 7) is 3.74. The van der Waals surface area contributed by atoms with E-state index in [1.165, 1.54) is 12.2 Å². The molecule has 2 amide bonds. The van der Waals surface area contributed by atoms with Crippen molar-refractivity contribution < 1.29 is 9.59 Å². The highest BCUT2D eigenvalue weighted by atomic mass is 16.2. The largest absolute Gasteiger partial charge is 0.350 e. The standard InChI is InChI=1S/C14H24N4O2/c19-13(17-11-3-7-15-8-4-11)1-2-14(20)18-12-5-9-16-10-6-12/h1-2,11-12,15-16H,3-10H2,(H,17,19)(H,18,20)/b2-1-. The number of nitrogens with one attached hydrogen (secondary N) is 4. The molecule has 0 aromatic carbocycles. The molecule has 0 atom stereocenters. The minimum absolute atomic E-state index is 0.183. The number of carbonyl (C=O) groups is 2. The lowest BCUT2D eigenvalue weighted by Gasteiger charge is -2.23. The highest BCUT2D eigenvalue weighted by molar-refractivity contribution is 5.96. The Hall–Kier alpha value is -1.40. The van der Waals surface area contributed by atoms with E-state index in [-0.39, 0.29) is 23.9 Å². The Morgan fingerprint density at radius 3 is 1.45 bits per heavy atom. The van der Waals surface area contributed by atoms with Crippen LogP contribution in [0.25, 0.3) is 0 Å². The van der Waals surface area contributed by atoms with Crippen molar-refractivity contribution in [1.82, 2.24) is 21.3 Å². The summed E-state index contributed by atoms with van der Waals surface area (Å²) in [6, 6.07) is 0.446. The summed E-state index contributed by atoms with van der Waals surface area (Å²) in [5.41, 5.74) is 0. The van der Waals surface area contributed by atoms with Gasteiger partial charge in [0.25, 0.3) is 0 Å². The number of hydrogen-bond acceptors (Lipinski definition) is 4. The highest BCUT2D eigenvalue weighted by Crippen LogP contribution is 2.02. The normalized spacial score (nSPS) is 21.8. The Bertz CT molecular complexity index is 324. The molecule has 6 nitrogen and oxygen atoms in total. The Balaban J connectivity index is 1.67. The monoisotopic (exact) mass is 280 g/mol. The van der Waals surface area contributed by atoms with Crippen molar-refractivity contribution in [3.63, 3.8) is 0 Å². The van der Waals surface area contributed by atoms with Crippen molar-refractivity contribution in [3.05, 3.63) is 12.2 Å². The molecule has 0 spiro atoms. The van der Waals surface area contributed by atoms with E-state index < -0.39 is 0 Å². The van der Waals surface area contributed by atoms with Gasteiger partial charge in [-0.05, 0) is 51.9 Å². The molecule has 0 bridgehead atoms. The van der Waals surface area contributed by atoms with Gasteiger partial charge in [-0.2, -0.15) is 0 Å². The molecule has 2 aliphatic rings.